The number of carboxylic acids is 1. The molecule has 2 unspecified atom stereocenters. The molecule has 10 heteroatoms. The van der Waals surface area contributed by atoms with Crippen LogP contribution in [0.1, 0.15) is 61.1 Å². The van der Waals surface area contributed by atoms with Gasteiger partial charge in [-0.2, -0.15) is 5.26 Å². The van der Waals surface area contributed by atoms with Gasteiger partial charge in [0.1, 0.15) is 19.3 Å². The van der Waals surface area contributed by atoms with Crippen LogP contribution in [0, 0.1) is 18.3 Å². The maximum absolute atomic E-state index is 12.7. The van der Waals surface area contributed by atoms with Crippen LogP contribution in [-0.4, -0.2) is 47.5 Å². The van der Waals surface area contributed by atoms with Crippen molar-refractivity contribution in [1.29, 1.82) is 5.26 Å². The Balaban J connectivity index is 0.000000429. The van der Waals surface area contributed by atoms with Crippen molar-refractivity contribution in [1.82, 2.24) is 10.2 Å². The standard InChI is InChI=1S/C21H20Cl2N2O5.C8H7N.C3H8/c22-15-5-1-13(2-6-15)20-21(14-3-7-16(23)8-4-14)30-12-18(27)25(20)11-17(26)24-10-9-19(28)29;1-7-2-4-8(6-9)5-3-7;1-3-2/h1-8,20-21H,9-12H2,(H,24,26)(H,28,29);2-5H,1H3;3H2,1-2H3. The third-order valence-corrected chi connectivity index (χ3v) is 6.40. The van der Waals surface area contributed by atoms with Crippen LogP contribution >= 0.6 is 23.2 Å². The second-order valence-corrected chi connectivity index (χ2v) is 10.4. The number of nitrogens with zero attached hydrogens (tertiary/aromatic N) is 2. The zero-order chi connectivity index (χ0) is 31.1. The van der Waals surface area contributed by atoms with E-state index in [2.05, 4.69) is 25.2 Å². The first kappa shape index (κ1) is 34.3. The Morgan fingerprint density at radius 3 is 2.00 bits per heavy atom. The third-order valence-electron chi connectivity index (χ3n) is 5.89. The van der Waals surface area contributed by atoms with Crippen molar-refractivity contribution in [3.63, 3.8) is 0 Å². The largest absolute Gasteiger partial charge is 0.481 e. The van der Waals surface area contributed by atoms with Gasteiger partial charge in [0.25, 0.3) is 0 Å². The van der Waals surface area contributed by atoms with Gasteiger partial charge in [0.05, 0.1) is 24.1 Å². The second-order valence-electron chi connectivity index (χ2n) is 9.48. The van der Waals surface area contributed by atoms with E-state index in [1.807, 2.05) is 43.3 Å². The number of carbonyl (C=O) groups is 3. The average Bonchev–Trinajstić information content (AvgIpc) is 2.96. The lowest BCUT2D eigenvalue weighted by Gasteiger charge is -2.41. The number of carboxylic acid groups (broad SMARTS) is 1. The summed E-state index contributed by atoms with van der Waals surface area (Å²) in [6, 6.07) is 23.1. The van der Waals surface area contributed by atoms with Crippen molar-refractivity contribution in [2.45, 2.75) is 45.8 Å². The quantitative estimate of drug-likeness (QED) is 0.314. The van der Waals surface area contributed by atoms with E-state index in [4.69, 9.17) is 38.3 Å². The lowest BCUT2D eigenvalue weighted by molar-refractivity contribution is -0.161. The van der Waals surface area contributed by atoms with Crippen molar-refractivity contribution in [3.8, 4) is 6.07 Å². The van der Waals surface area contributed by atoms with Crippen molar-refractivity contribution in [2.24, 2.45) is 0 Å². The van der Waals surface area contributed by atoms with Gasteiger partial charge in [0.2, 0.25) is 11.8 Å². The van der Waals surface area contributed by atoms with Crippen LogP contribution in [0.5, 0.6) is 0 Å². The molecular formula is C32H35Cl2N3O5. The lowest BCUT2D eigenvalue weighted by atomic mass is 9.92. The highest BCUT2D eigenvalue weighted by atomic mass is 35.5. The molecule has 0 radical (unpaired) electrons. The fourth-order valence-corrected chi connectivity index (χ4v) is 4.19. The van der Waals surface area contributed by atoms with E-state index in [9.17, 15) is 14.4 Å². The SMILES string of the molecule is CCC.Cc1ccc(C#N)cc1.O=C(O)CCNC(=O)CN1C(=O)COC(c2ccc(Cl)cc2)C1c1ccc(Cl)cc1. The van der Waals surface area contributed by atoms with Gasteiger partial charge in [0.15, 0.2) is 0 Å². The summed E-state index contributed by atoms with van der Waals surface area (Å²) in [6.07, 6.45) is 0.532. The number of nitrogens with one attached hydrogen (secondary N) is 1. The molecule has 1 fully saturated rings. The maximum Gasteiger partial charge on any atom is 0.305 e. The van der Waals surface area contributed by atoms with E-state index in [-0.39, 0.29) is 32.0 Å². The predicted molar refractivity (Wildman–Crippen MR) is 163 cm³/mol. The highest BCUT2D eigenvalue weighted by molar-refractivity contribution is 6.30. The first-order valence-corrected chi connectivity index (χ1v) is 14.2. The van der Waals surface area contributed by atoms with Gasteiger partial charge in [0, 0.05) is 16.6 Å². The van der Waals surface area contributed by atoms with E-state index < -0.39 is 24.0 Å². The summed E-state index contributed by atoms with van der Waals surface area (Å²) >= 11 is 12.0. The van der Waals surface area contributed by atoms with Gasteiger partial charge in [-0.25, -0.2) is 0 Å². The number of aryl methyl sites for hydroxylation is 1. The zero-order valence-electron chi connectivity index (χ0n) is 23.8. The molecule has 3 aromatic rings. The van der Waals surface area contributed by atoms with Crippen molar-refractivity contribution >= 4 is 41.0 Å². The summed E-state index contributed by atoms with van der Waals surface area (Å²) in [4.78, 5) is 37.2. The minimum Gasteiger partial charge on any atom is -0.481 e. The first-order valence-electron chi connectivity index (χ1n) is 13.5. The molecule has 0 saturated carbocycles. The number of nitriles is 1. The zero-order valence-corrected chi connectivity index (χ0v) is 25.4. The molecule has 2 atom stereocenters. The Bertz CT molecular complexity index is 1340. The van der Waals surface area contributed by atoms with Gasteiger partial charge in [-0.15, -0.1) is 0 Å². The number of hydrogen-bond acceptors (Lipinski definition) is 5. The van der Waals surface area contributed by atoms with Crippen LogP contribution < -0.4 is 5.32 Å². The first-order chi connectivity index (χ1) is 20.1. The minimum absolute atomic E-state index is 0.0150. The maximum atomic E-state index is 12.7. The third kappa shape index (κ3) is 11.2. The predicted octanol–water partition coefficient (Wildman–Crippen LogP) is 6.51. The molecule has 0 spiro atoms. The number of rotatable bonds is 7. The summed E-state index contributed by atoms with van der Waals surface area (Å²) in [7, 11) is 0. The molecule has 1 heterocycles. The molecule has 0 aliphatic carbocycles. The van der Waals surface area contributed by atoms with Gasteiger partial charge in [-0.3, -0.25) is 14.4 Å². The fourth-order valence-electron chi connectivity index (χ4n) is 3.93. The van der Waals surface area contributed by atoms with E-state index >= 15 is 0 Å². The van der Waals surface area contributed by atoms with E-state index in [0.717, 1.165) is 16.7 Å². The summed E-state index contributed by atoms with van der Waals surface area (Å²) in [5, 5.41) is 20.8. The van der Waals surface area contributed by atoms with E-state index in [1.54, 1.807) is 36.4 Å². The summed E-state index contributed by atoms with van der Waals surface area (Å²) < 4.78 is 5.86. The van der Waals surface area contributed by atoms with Crippen LogP contribution in [0.4, 0.5) is 0 Å². The van der Waals surface area contributed by atoms with Crippen molar-refractivity contribution in [3.05, 3.63) is 105 Å². The second kappa shape index (κ2) is 17.8. The summed E-state index contributed by atoms with van der Waals surface area (Å²) in [5.41, 5.74) is 3.48. The molecule has 3 aromatic carbocycles. The fraction of sp³-hybridized carbons (Fsp3) is 0.312. The van der Waals surface area contributed by atoms with Crippen LogP contribution in [0.2, 0.25) is 10.0 Å². The van der Waals surface area contributed by atoms with E-state index in [1.165, 1.54) is 16.9 Å². The minimum atomic E-state index is -1.01. The highest BCUT2D eigenvalue weighted by Crippen LogP contribution is 2.40. The number of aliphatic carboxylic acids is 1. The van der Waals surface area contributed by atoms with Crippen molar-refractivity contribution < 1.29 is 24.2 Å². The normalized spacial score (nSPS) is 15.7. The smallest absolute Gasteiger partial charge is 0.305 e. The molecule has 2 amide bonds. The molecule has 1 aliphatic heterocycles. The molecule has 8 nitrogen and oxygen atoms in total. The Morgan fingerprint density at radius 2 is 1.50 bits per heavy atom. The topological polar surface area (TPSA) is 120 Å². The summed E-state index contributed by atoms with van der Waals surface area (Å²) in [6.45, 7) is 5.83. The van der Waals surface area contributed by atoms with Crippen LogP contribution in [0.25, 0.3) is 0 Å². The van der Waals surface area contributed by atoms with E-state index in [0.29, 0.717) is 10.0 Å². The van der Waals surface area contributed by atoms with Crippen molar-refractivity contribution in [2.75, 3.05) is 19.7 Å². The van der Waals surface area contributed by atoms with Crippen LogP contribution in [-0.2, 0) is 19.1 Å². The number of carbonyl (C=O) groups excluding carboxylic acids is 2. The Kier molecular flexibility index (Phi) is 14.5. The van der Waals surface area contributed by atoms with Gasteiger partial charge < -0.3 is 20.1 Å². The molecule has 42 heavy (non-hydrogen) atoms. The number of benzene rings is 3. The number of hydrogen-bond donors (Lipinski definition) is 2. The molecule has 0 bridgehead atoms. The molecule has 2 N–H and O–H groups in total. The molecule has 1 saturated heterocycles. The molecular weight excluding hydrogens is 577 g/mol. The Morgan fingerprint density at radius 1 is 0.976 bits per heavy atom. The number of halogens is 2. The Labute approximate surface area is 256 Å². The monoisotopic (exact) mass is 611 g/mol. The molecule has 0 aromatic heterocycles. The summed E-state index contributed by atoms with van der Waals surface area (Å²) in [5.74, 6) is -1.80. The highest BCUT2D eigenvalue weighted by Gasteiger charge is 2.39. The number of ether oxygens (including phenoxy) is 1. The average molecular weight is 613 g/mol. The van der Waals surface area contributed by atoms with Gasteiger partial charge in [-0.05, 0) is 54.4 Å². The number of morpholine rings is 1. The number of amides is 2. The molecule has 222 valence electrons. The molecule has 1 aliphatic rings. The molecule has 4 rings (SSSR count). The lowest BCUT2D eigenvalue weighted by Crippen LogP contribution is -2.49. The van der Waals surface area contributed by atoms with Gasteiger partial charge >= 0.3 is 5.97 Å². The van der Waals surface area contributed by atoms with Crippen LogP contribution in [0.3, 0.4) is 0 Å². The van der Waals surface area contributed by atoms with Gasteiger partial charge in [-0.1, -0.05) is 85.4 Å². The van der Waals surface area contributed by atoms with Crippen LogP contribution in [0.15, 0.2) is 72.8 Å². The Hall–Kier alpha value is -3.90.